The normalized spacial score (nSPS) is 11.8. The molecule has 0 bridgehead atoms. The molecule has 0 spiro atoms. The molecule has 2 aromatic carbocycles. The summed E-state index contributed by atoms with van der Waals surface area (Å²) < 4.78 is 1.95. The Balaban J connectivity index is 1.78. The van der Waals surface area contributed by atoms with E-state index in [2.05, 4.69) is 18.3 Å². The predicted octanol–water partition coefficient (Wildman–Crippen LogP) is 4.33. The Hall–Kier alpha value is -3.41. The van der Waals surface area contributed by atoms with Gasteiger partial charge in [0.05, 0.1) is 23.8 Å². The van der Waals surface area contributed by atoms with Gasteiger partial charge in [0, 0.05) is 31.8 Å². The third-order valence-electron chi connectivity index (χ3n) is 5.84. The lowest BCUT2D eigenvalue weighted by Gasteiger charge is -2.23. The summed E-state index contributed by atoms with van der Waals surface area (Å²) >= 11 is 0. The molecular formula is C26H32N4O2. The maximum atomic E-state index is 13.1. The molecule has 0 aliphatic carbocycles. The second kappa shape index (κ2) is 9.81. The summed E-state index contributed by atoms with van der Waals surface area (Å²) in [5.74, 6) is -0.191. The van der Waals surface area contributed by atoms with Crippen LogP contribution in [0.5, 0.6) is 0 Å². The van der Waals surface area contributed by atoms with Crippen molar-refractivity contribution in [3.05, 3.63) is 82.2 Å². The molecule has 1 atom stereocenters. The van der Waals surface area contributed by atoms with Crippen molar-refractivity contribution in [3.63, 3.8) is 0 Å². The first-order chi connectivity index (χ1) is 15.2. The van der Waals surface area contributed by atoms with Crippen molar-refractivity contribution >= 4 is 11.8 Å². The molecule has 1 unspecified atom stereocenters. The van der Waals surface area contributed by atoms with E-state index in [1.807, 2.05) is 67.9 Å². The summed E-state index contributed by atoms with van der Waals surface area (Å²) in [6, 6.07) is 15.7. The van der Waals surface area contributed by atoms with Crippen LogP contribution < -0.4 is 5.32 Å². The van der Waals surface area contributed by atoms with E-state index in [4.69, 9.17) is 5.10 Å². The molecule has 1 N–H and O–H groups in total. The predicted molar refractivity (Wildman–Crippen MR) is 127 cm³/mol. The van der Waals surface area contributed by atoms with Gasteiger partial charge in [-0.2, -0.15) is 5.10 Å². The van der Waals surface area contributed by atoms with Gasteiger partial charge in [-0.15, -0.1) is 0 Å². The Morgan fingerprint density at radius 2 is 1.69 bits per heavy atom. The lowest BCUT2D eigenvalue weighted by molar-refractivity contribution is -0.131. The van der Waals surface area contributed by atoms with Crippen LogP contribution in [0.3, 0.4) is 0 Å². The molecule has 32 heavy (non-hydrogen) atoms. The second-order valence-corrected chi connectivity index (χ2v) is 8.47. The number of para-hydroxylation sites is 1. The van der Waals surface area contributed by atoms with Crippen molar-refractivity contribution in [3.8, 4) is 5.69 Å². The first kappa shape index (κ1) is 23.3. The second-order valence-electron chi connectivity index (χ2n) is 8.47. The lowest BCUT2D eigenvalue weighted by Crippen LogP contribution is -2.33. The minimum absolute atomic E-state index is 0.0354. The number of carbonyl (C=O) groups is 2. The smallest absolute Gasteiger partial charge is 0.225 e. The molecular weight excluding hydrogens is 400 g/mol. The third-order valence-corrected chi connectivity index (χ3v) is 5.84. The molecule has 1 heterocycles. The number of carbonyl (C=O) groups excluding carboxylic acids is 2. The van der Waals surface area contributed by atoms with E-state index in [1.54, 1.807) is 11.9 Å². The van der Waals surface area contributed by atoms with Gasteiger partial charge in [-0.25, -0.2) is 4.68 Å². The fourth-order valence-corrected chi connectivity index (χ4v) is 3.89. The minimum Gasteiger partial charge on any atom is -0.349 e. The van der Waals surface area contributed by atoms with Crippen molar-refractivity contribution in [2.24, 2.45) is 0 Å². The average molecular weight is 433 g/mol. The minimum atomic E-state index is -0.361. The maximum Gasteiger partial charge on any atom is 0.225 e. The van der Waals surface area contributed by atoms with Crippen LogP contribution in [-0.2, 0) is 16.1 Å². The van der Waals surface area contributed by atoms with Gasteiger partial charge in [-0.3, -0.25) is 9.59 Å². The Bertz CT molecular complexity index is 1120. The molecule has 168 valence electrons. The van der Waals surface area contributed by atoms with E-state index in [-0.39, 0.29) is 24.3 Å². The zero-order valence-electron chi connectivity index (χ0n) is 19.8. The van der Waals surface area contributed by atoms with Crippen LogP contribution in [0.4, 0.5) is 0 Å². The lowest BCUT2D eigenvalue weighted by atomic mass is 10.0. The van der Waals surface area contributed by atoms with Gasteiger partial charge in [-0.05, 0) is 44.9 Å². The summed E-state index contributed by atoms with van der Waals surface area (Å²) in [4.78, 5) is 26.5. The van der Waals surface area contributed by atoms with Gasteiger partial charge in [0.1, 0.15) is 0 Å². The molecule has 0 aliphatic rings. The van der Waals surface area contributed by atoms with Crippen LogP contribution in [0.15, 0.2) is 48.5 Å². The van der Waals surface area contributed by atoms with Gasteiger partial charge in [-0.1, -0.05) is 48.0 Å². The van der Waals surface area contributed by atoms with Crippen LogP contribution in [0.25, 0.3) is 5.69 Å². The molecule has 1 aromatic heterocycles. The van der Waals surface area contributed by atoms with Crippen LogP contribution in [0.1, 0.15) is 53.0 Å². The number of nitrogens with zero attached hydrogens (tertiary/aromatic N) is 3. The van der Waals surface area contributed by atoms with Gasteiger partial charge >= 0.3 is 0 Å². The van der Waals surface area contributed by atoms with Crippen molar-refractivity contribution in [2.45, 2.75) is 53.6 Å². The van der Waals surface area contributed by atoms with Gasteiger partial charge in [0.25, 0.3) is 0 Å². The maximum absolute atomic E-state index is 13.1. The molecule has 3 aromatic rings. The molecule has 0 saturated carbocycles. The van der Waals surface area contributed by atoms with Crippen molar-refractivity contribution < 1.29 is 9.59 Å². The SMILES string of the molecule is CC(=O)NC(CC(=O)N(C)Cc1c(C)nn(-c2ccccc2C)c1C)c1ccc(C)cc1. The van der Waals surface area contributed by atoms with Crippen LogP contribution in [0, 0.1) is 27.7 Å². The van der Waals surface area contributed by atoms with Gasteiger partial charge in [0.2, 0.25) is 11.8 Å². The standard InChI is InChI=1S/C26H32N4O2/c1-17-11-13-22(14-12-17)24(27-21(5)31)15-26(32)29(6)16-23-19(3)28-30(20(23)4)25-10-8-7-9-18(25)2/h7-14,24H,15-16H2,1-6H3,(H,27,31). The first-order valence-electron chi connectivity index (χ1n) is 10.9. The number of aromatic nitrogens is 2. The fourth-order valence-electron chi connectivity index (χ4n) is 3.89. The largest absolute Gasteiger partial charge is 0.349 e. The van der Waals surface area contributed by atoms with Crippen LogP contribution in [0.2, 0.25) is 0 Å². The Morgan fingerprint density at radius 3 is 2.31 bits per heavy atom. The summed E-state index contributed by atoms with van der Waals surface area (Å²) in [7, 11) is 1.80. The summed E-state index contributed by atoms with van der Waals surface area (Å²) in [6.45, 7) is 10.0. The highest BCUT2D eigenvalue weighted by molar-refractivity contribution is 5.79. The monoisotopic (exact) mass is 432 g/mol. The highest BCUT2D eigenvalue weighted by atomic mass is 16.2. The number of hydrogen-bond acceptors (Lipinski definition) is 3. The Kier molecular flexibility index (Phi) is 7.13. The van der Waals surface area contributed by atoms with Gasteiger partial charge in [0.15, 0.2) is 0 Å². The summed E-state index contributed by atoms with van der Waals surface area (Å²) in [5, 5.41) is 7.65. The van der Waals surface area contributed by atoms with Crippen molar-refractivity contribution in [1.82, 2.24) is 20.0 Å². The molecule has 0 aliphatic heterocycles. The first-order valence-corrected chi connectivity index (χ1v) is 10.9. The summed E-state index contributed by atoms with van der Waals surface area (Å²) in [6.07, 6.45) is 0.198. The number of aryl methyl sites for hydroxylation is 3. The Morgan fingerprint density at radius 1 is 1.03 bits per heavy atom. The van der Waals surface area contributed by atoms with E-state index in [0.717, 1.165) is 39.3 Å². The number of amides is 2. The third kappa shape index (κ3) is 5.25. The highest BCUT2D eigenvalue weighted by Crippen LogP contribution is 2.23. The molecule has 2 amide bonds. The van der Waals surface area contributed by atoms with Crippen LogP contribution >= 0.6 is 0 Å². The van der Waals surface area contributed by atoms with E-state index in [9.17, 15) is 9.59 Å². The Labute approximate surface area is 190 Å². The molecule has 3 rings (SSSR count). The average Bonchev–Trinajstić information content (AvgIpc) is 3.02. The number of rotatable bonds is 7. The van der Waals surface area contributed by atoms with E-state index in [0.29, 0.717) is 6.54 Å². The highest BCUT2D eigenvalue weighted by Gasteiger charge is 2.22. The quantitative estimate of drug-likeness (QED) is 0.604. The number of benzene rings is 2. The van der Waals surface area contributed by atoms with Crippen molar-refractivity contribution in [1.29, 1.82) is 0 Å². The van der Waals surface area contributed by atoms with Crippen LogP contribution in [-0.4, -0.2) is 33.5 Å². The topological polar surface area (TPSA) is 67.2 Å². The summed E-state index contributed by atoms with van der Waals surface area (Å²) in [5.41, 5.74) is 7.21. The fraction of sp³-hybridized carbons (Fsp3) is 0.346. The van der Waals surface area contributed by atoms with Crippen molar-refractivity contribution in [2.75, 3.05) is 7.05 Å². The molecule has 0 radical (unpaired) electrons. The molecule has 6 nitrogen and oxygen atoms in total. The van der Waals surface area contributed by atoms with E-state index >= 15 is 0 Å². The van der Waals surface area contributed by atoms with E-state index < -0.39 is 0 Å². The van der Waals surface area contributed by atoms with E-state index in [1.165, 1.54) is 6.92 Å². The zero-order chi connectivity index (χ0) is 23.4. The zero-order valence-corrected chi connectivity index (χ0v) is 19.8. The van der Waals surface area contributed by atoms with Gasteiger partial charge < -0.3 is 10.2 Å². The molecule has 0 fully saturated rings. The number of nitrogens with one attached hydrogen (secondary N) is 1. The number of hydrogen-bond donors (Lipinski definition) is 1. The molecule has 0 saturated heterocycles. The molecule has 6 heteroatoms.